The smallest absolute Gasteiger partial charge is 0.265 e. The lowest BCUT2D eigenvalue weighted by Gasteiger charge is -2.12. The molecule has 0 radical (unpaired) electrons. The fourth-order valence-corrected chi connectivity index (χ4v) is 3.95. The Balaban J connectivity index is 1.51. The lowest BCUT2D eigenvalue weighted by molar-refractivity contribution is 0.151. The summed E-state index contributed by atoms with van der Waals surface area (Å²) < 4.78 is 36.4. The van der Waals surface area contributed by atoms with Crippen LogP contribution in [0.5, 0.6) is 0 Å². The molecular weight excluding hydrogens is 466 g/mol. The Hall–Kier alpha value is -4.25. The number of nitrogens with one attached hydrogen (secondary N) is 1. The van der Waals surface area contributed by atoms with E-state index in [1.807, 2.05) is 44.2 Å². The van der Waals surface area contributed by atoms with Gasteiger partial charge in [0.1, 0.15) is 12.1 Å². The van der Waals surface area contributed by atoms with Crippen LogP contribution in [-0.2, 0) is 11.3 Å². The van der Waals surface area contributed by atoms with Crippen molar-refractivity contribution in [3.05, 3.63) is 71.9 Å². The second-order valence-electron chi connectivity index (χ2n) is 8.27. The zero-order valence-electron chi connectivity index (χ0n) is 20.0. The summed E-state index contributed by atoms with van der Waals surface area (Å²) in [4.78, 5) is 9.13. The van der Waals surface area contributed by atoms with Gasteiger partial charge in [-0.25, -0.2) is 18.7 Å². The topological polar surface area (TPSA) is 95.6 Å². The monoisotopic (exact) mass is 490 g/mol. The van der Waals surface area contributed by atoms with Crippen LogP contribution in [0.4, 0.5) is 20.3 Å². The normalized spacial score (nSPS) is 11.5. The van der Waals surface area contributed by atoms with Crippen LogP contribution in [-0.4, -0.2) is 48.2 Å². The maximum absolute atomic E-state index is 13.9. The number of pyridine rings is 1. The summed E-state index contributed by atoms with van der Waals surface area (Å²) in [6.45, 7) is 4.69. The number of aryl methyl sites for hydroxylation is 1. The summed E-state index contributed by atoms with van der Waals surface area (Å²) >= 11 is 0. The highest BCUT2D eigenvalue weighted by atomic mass is 19.3. The van der Waals surface area contributed by atoms with Crippen LogP contribution in [0.1, 0.15) is 23.4 Å². The van der Waals surface area contributed by atoms with Gasteiger partial charge in [0.15, 0.2) is 5.82 Å². The van der Waals surface area contributed by atoms with Crippen molar-refractivity contribution in [1.29, 1.82) is 0 Å². The molecule has 0 aliphatic rings. The number of rotatable bonds is 8. The maximum Gasteiger partial charge on any atom is 0.265 e. The van der Waals surface area contributed by atoms with Crippen LogP contribution in [0.25, 0.3) is 28.1 Å². The number of methoxy groups -OCH3 is 1. The van der Waals surface area contributed by atoms with Crippen LogP contribution < -0.4 is 5.32 Å². The Kier molecular flexibility index (Phi) is 6.38. The largest absolute Gasteiger partial charge is 0.383 e. The second-order valence-corrected chi connectivity index (χ2v) is 8.27. The highest BCUT2D eigenvalue weighted by Gasteiger charge is 2.21. The third-order valence-corrected chi connectivity index (χ3v) is 5.88. The van der Waals surface area contributed by atoms with Gasteiger partial charge in [0.25, 0.3) is 6.43 Å². The number of benzene rings is 1. The van der Waals surface area contributed by atoms with Crippen molar-refractivity contribution in [3.8, 4) is 17.1 Å². The summed E-state index contributed by atoms with van der Waals surface area (Å²) in [6, 6.07) is 12.4. The molecule has 5 rings (SSSR count). The molecule has 1 N–H and O–H groups in total. The molecule has 0 aliphatic heterocycles. The third-order valence-electron chi connectivity index (χ3n) is 5.88. The number of aromatic nitrogens is 7. The SMILES string of the molecule is COCCn1ncc(-c2nc(-n3cnc4cc(Nc5ccc(C)nn5)ccc43)ccc2C(F)F)c1C. The van der Waals surface area contributed by atoms with Crippen LogP contribution in [0.2, 0.25) is 0 Å². The Morgan fingerprint density at radius 1 is 1.06 bits per heavy atom. The minimum atomic E-state index is -2.68. The molecule has 0 spiro atoms. The molecule has 5 aromatic rings. The number of imidazole rings is 1. The van der Waals surface area contributed by atoms with Crippen molar-refractivity contribution >= 4 is 22.5 Å². The minimum absolute atomic E-state index is 0.150. The van der Waals surface area contributed by atoms with Gasteiger partial charge in [0, 0.05) is 29.6 Å². The van der Waals surface area contributed by atoms with Gasteiger partial charge in [-0.2, -0.15) is 10.2 Å². The highest BCUT2D eigenvalue weighted by Crippen LogP contribution is 2.33. The van der Waals surface area contributed by atoms with E-state index in [4.69, 9.17) is 4.74 Å². The predicted octanol–water partition coefficient (Wildman–Crippen LogP) is 5.02. The quantitative estimate of drug-likeness (QED) is 0.326. The van der Waals surface area contributed by atoms with Gasteiger partial charge in [0.2, 0.25) is 0 Å². The Bertz CT molecular complexity index is 1510. The van der Waals surface area contributed by atoms with Gasteiger partial charge >= 0.3 is 0 Å². The second kappa shape index (κ2) is 9.78. The molecule has 0 saturated carbocycles. The molecule has 11 heteroatoms. The van der Waals surface area contributed by atoms with E-state index in [9.17, 15) is 8.78 Å². The average molecular weight is 491 g/mol. The molecular formula is C25H24F2N8O. The van der Waals surface area contributed by atoms with Crippen LogP contribution in [0.15, 0.2) is 55.0 Å². The number of halogens is 2. The minimum Gasteiger partial charge on any atom is -0.383 e. The molecule has 0 bridgehead atoms. The molecule has 0 atom stereocenters. The van der Waals surface area contributed by atoms with Gasteiger partial charge in [0.05, 0.1) is 41.8 Å². The summed E-state index contributed by atoms with van der Waals surface area (Å²) in [5, 5.41) is 15.7. The summed E-state index contributed by atoms with van der Waals surface area (Å²) in [7, 11) is 1.60. The van der Waals surface area contributed by atoms with Gasteiger partial charge in [-0.05, 0) is 56.3 Å². The number of hydrogen-bond donors (Lipinski definition) is 1. The molecule has 0 saturated heterocycles. The Labute approximate surface area is 205 Å². The first-order valence-corrected chi connectivity index (χ1v) is 11.3. The van der Waals surface area contributed by atoms with E-state index in [-0.39, 0.29) is 11.3 Å². The van der Waals surface area contributed by atoms with E-state index in [0.29, 0.717) is 35.9 Å². The third kappa shape index (κ3) is 4.52. The van der Waals surface area contributed by atoms with Crippen molar-refractivity contribution in [1.82, 2.24) is 34.5 Å². The zero-order chi connectivity index (χ0) is 25.2. The van der Waals surface area contributed by atoms with Crippen LogP contribution in [0.3, 0.4) is 0 Å². The van der Waals surface area contributed by atoms with Crippen molar-refractivity contribution < 1.29 is 13.5 Å². The molecule has 36 heavy (non-hydrogen) atoms. The summed E-state index contributed by atoms with van der Waals surface area (Å²) in [6.07, 6.45) is 0.519. The molecule has 0 amide bonds. The van der Waals surface area contributed by atoms with Crippen molar-refractivity contribution in [2.75, 3.05) is 19.0 Å². The van der Waals surface area contributed by atoms with Crippen LogP contribution in [0, 0.1) is 13.8 Å². The number of ether oxygens (including phenoxy) is 1. The number of nitrogens with zero attached hydrogens (tertiary/aromatic N) is 7. The van der Waals surface area contributed by atoms with Gasteiger partial charge < -0.3 is 10.1 Å². The average Bonchev–Trinajstić information content (AvgIpc) is 3.46. The number of fused-ring (bicyclic) bond motifs is 1. The van der Waals surface area contributed by atoms with E-state index >= 15 is 0 Å². The molecule has 0 fully saturated rings. The molecule has 4 aromatic heterocycles. The molecule has 4 heterocycles. The summed E-state index contributed by atoms with van der Waals surface area (Å²) in [5.74, 6) is 1.10. The number of hydrogen-bond acceptors (Lipinski definition) is 7. The first-order valence-electron chi connectivity index (χ1n) is 11.3. The first kappa shape index (κ1) is 23.5. The van der Waals surface area contributed by atoms with E-state index in [2.05, 4.69) is 30.6 Å². The molecule has 184 valence electrons. The molecule has 9 nitrogen and oxygen atoms in total. The summed E-state index contributed by atoms with van der Waals surface area (Å²) in [5.41, 5.74) is 4.47. The molecule has 0 aliphatic carbocycles. The molecule has 0 unspecified atom stereocenters. The van der Waals surface area contributed by atoms with E-state index in [1.54, 1.807) is 34.9 Å². The fourth-order valence-electron chi connectivity index (χ4n) is 3.95. The zero-order valence-corrected chi connectivity index (χ0v) is 20.0. The Morgan fingerprint density at radius 3 is 2.67 bits per heavy atom. The van der Waals surface area contributed by atoms with Crippen molar-refractivity contribution in [3.63, 3.8) is 0 Å². The molecule has 1 aromatic carbocycles. The standard InChI is InChI=1S/C25H24F2N8O/c1-15-4-8-22(33-32-15)30-17-5-7-21-20(12-17)28-14-34(21)23-9-6-18(25(26)27)24(31-23)19-13-29-35(16(19)2)10-11-36-3/h4-9,12-14,25H,10-11H2,1-3H3,(H,30,33). The van der Waals surface area contributed by atoms with Gasteiger partial charge in [-0.3, -0.25) is 9.25 Å². The highest BCUT2D eigenvalue weighted by molar-refractivity contribution is 5.82. The Morgan fingerprint density at radius 2 is 1.92 bits per heavy atom. The predicted molar refractivity (Wildman–Crippen MR) is 132 cm³/mol. The lowest BCUT2D eigenvalue weighted by atomic mass is 10.1. The van der Waals surface area contributed by atoms with Crippen molar-refractivity contribution in [2.24, 2.45) is 0 Å². The van der Waals surface area contributed by atoms with Crippen LogP contribution >= 0.6 is 0 Å². The van der Waals surface area contributed by atoms with Gasteiger partial charge in [-0.1, -0.05) is 0 Å². The number of alkyl halides is 2. The fraction of sp³-hybridized carbons (Fsp3) is 0.240. The van der Waals surface area contributed by atoms with E-state index in [1.165, 1.54) is 6.07 Å². The number of anilines is 2. The van der Waals surface area contributed by atoms with Crippen molar-refractivity contribution in [2.45, 2.75) is 26.8 Å². The van der Waals surface area contributed by atoms with Gasteiger partial charge in [-0.15, -0.1) is 5.10 Å². The first-order chi connectivity index (χ1) is 17.4. The van der Waals surface area contributed by atoms with E-state index in [0.717, 1.165) is 22.6 Å². The lowest BCUT2D eigenvalue weighted by Crippen LogP contribution is -2.08. The van der Waals surface area contributed by atoms with E-state index < -0.39 is 6.43 Å². The maximum atomic E-state index is 13.9.